The summed E-state index contributed by atoms with van der Waals surface area (Å²) in [4.78, 5) is 4.73. The molecule has 1 aliphatic rings. The number of rotatable bonds is 9. The summed E-state index contributed by atoms with van der Waals surface area (Å²) in [6, 6.07) is 7.71. The quantitative estimate of drug-likeness (QED) is 0.509. The highest BCUT2D eigenvalue weighted by Gasteiger charge is 2.18. The van der Waals surface area contributed by atoms with Crippen molar-refractivity contribution in [3.05, 3.63) is 28.7 Å². The van der Waals surface area contributed by atoms with Gasteiger partial charge in [-0.2, -0.15) is 0 Å². The Morgan fingerprint density at radius 3 is 2.33 bits per heavy atom. The standard InChI is InChI=1S/C17H27BrN2O3.ClH/c1-2-19-7-9-20(10-8-19)13-16(21)14-22-11-12-23-17-5-3-15(18)4-6-17;/h3-6,16,21H,2,7-14H2,1H3;1H/p-1. The van der Waals surface area contributed by atoms with Crippen LogP contribution in [0.2, 0.25) is 0 Å². The molecule has 0 aromatic heterocycles. The fourth-order valence-corrected chi connectivity index (χ4v) is 2.87. The van der Waals surface area contributed by atoms with E-state index in [1.807, 2.05) is 24.3 Å². The Hall–Kier alpha value is -0.370. The van der Waals surface area contributed by atoms with E-state index in [2.05, 4.69) is 32.7 Å². The van der Waals surface area contributed by atoms with E-state index in [-0.39, 0.29) is 12.4 Å². The maximum absolute atomic E-state index is 10.0. The molecule has 138 valence electrons. The minimum atomic E-state index is -0.434. The Labute approximate surface area is 159 Å². The summed E-state index contributed by atoms with van der Waals surface area (Å²) in [7, 11) is 0. The highest BCUT2D eigenvalue weighted by molar-refractivity contribution is 9.10. The number of ether oxygens (including phenoxy) is 2. The first kappa shape index (κ1) is 21.7. The van der Waals surface area contributed by atoms with Gasteiger partial charge < -0.3 is 31.9 Å². The van der Waals surface area contributed by atoms with E-state index >= 15 is 0 Å². The van der Waals surface area contributed by atoms with E-state index in [4.69, 9.17) is 9.47 Å². The number of hydrogen-bond donors (Lipinski definition) is 1. The zero-order valence-corrected chi connectivity index (χ0v) is 16.5. The molecule has 1 N–H and O–H groups in total. The number of aliphatic hydroxyl groups is 1. The molecule has 0 spiro atoms. The van der Waals surface area contributed by atoms with Crippen LogP contribution in [0.3, 0.4) is 0 Å². The molecule has 0 aliphatic carbocycles. The molecule has 1 heterocycles. The second-order valence-corrected chi connectivity index (χ2v) is 6.68. The van der Waals surface area contributed by atoms with Crippen LogP contribution in [0.15, 0.2) is 28.7 Å². The third kappa shape index (κ3) is 8.14. The van der Waals surface area contributed by atoms with Crippen LogP contribution in [0, 0.1) is 0 Å². The highest BCUT2D eigenvalue weighted by atomic mass is 79.9. The highest BCUT2D eigenvalue weighted by Crippen LogP contribution is 2.15. The third-order valence-corrected chi connectivity index (χ3v) is 4.53. The normalized spacial score (nSPS) is 17.3. The molecule has 0 amide bonds. The number of β-amino-alcohol motifs (C(OH)–C–C–N with tert-alkyl or cyclic N) is 1. The van der Waals surface area contributed by atoms with Crippen molar-refractivity contribution in [3.63, 3.8) is 0 Å². The average Bonchev–Trinajstić information content (AvgIpc) is 2.57. The molecule has 1 aromatic rings. The van der Waals surface area contributed by atoms with Gasteiger partial charge >= 0.3 is 0 Å². The lowest BCUT2D eigenvalue weighted by Crippen LogP contribution is -3.00. The topological polar surface area (TPSA) is 45.2 Å². The van der Waals surface area contributed by atoms with Gasteiger partial charge in [0, 0.05) is 37.2 Å². The van der Waals surface area contributed by atoms with E-state index in [9.17, 15) is 5.11 Å². The molecular weight excluding hydrogens is 396 g/mol. The molecular formula is C17H27BrClN2O3-. The van der Waals surface area contributed by atoms with Gasteiger partial charge in [0.2, 0.25) is 0 Å². The van der Waals surface area contributed by atoms with Gasteiger partial charge in [0.05, 0.1) is 19.3 Å². The van der Waals surface area contributed by atoms with Crippen molar-refractivity contribution < 1.29 is 27.0 Å². The fraction of sp³-hybridized carbons (Fsp3) is 0.647. The number of piperazine rings is 1. The molecule has 0 radical (unpaired) electrons. The van der Waals surface area contributed by atoms with Crippen LogP contribution in [0.25, 0.3) is 0 Å². The predicted molar refractivity (Wildman–Crippen MR) is 95.0 cm³/mol. The lowest BCUT2D eigenvalue weighted by molar-refractivity contribution is -0.000120. The van der Waals surface area contributed by atoms with E-state index in [1.165, 1.54) is 0 Å². The molecule has 0 bridgehead atoms. The van der Waals surface area contributed by atoms with Gasteiger partial charge in [-0.05, 0) is 30.8 Å². The van der Waals surface area contributed by atoms with Crippen LogP contribution in [-0.2, 0) is 4.74 Å². The SMILES string of the molecule is CCN1CCN(CC(O)COCCOc2ccc(Br)cc2)CC1.[Cl-]. The molecule has 1 unspecified atom stereocenters. The number of likely N-dealkylation sites (N-methyl/N-ethyl adjacent to an activating group) is 1. The van der Waals surface area contributed by atoms with Crippen molar-refractivity contribution in [2.45, 2.75) is 13.0 Å². The maximum Gasteiger partial charge on any atom is 0.119 e. The van der Waals surface area contributed by atoms with Crippen LogP contribution in [0.1, 0.15) is 6.92 Å². The van der Waals surface area contributed by atoms with Crippen molar-refractivity contribution in [2.24, 2.45) is 0 Å². The van der Waals surface area contributed by atoms with Gasteiger partial charge in [-0.3, -0.25) is 4.90 Å². The first-order valence-corrected chi connectivity index (χ1v) is 9.05. The Morgan fingerprint density at radius 1 is 1.08 bits per heavy atom. The number of benzene rings is 1. The van der Waals surface area contributed by atoms with Crippen molar-refractivity contribution >= 4 is 15.9 Å². The zero-order valence-electron chi connectivity index (χ0n) is 14.2. The Kier molecular flexibility index (Phi) is 10.9. The smallest absolute Gasteiger partial charge is 0.119 e. The monoisotopic (exact) mass is 421 g/mol. The number of nitrogens with zero attached hydrogens (tertiary/aromatic N) is 2. The summed E-state index contributed by atoms with van der Waals surface area (Å²) in [6.45, 7) is 9.54. The molecule has 5 nitrogen and oxygen atoms in total. The van der Waals surface area contributed by atoms with Crippen LogP contribution in [-0.4, -0.2) is 80.1 Å². The van der Waals surface area contributed by atoms with Crippen molar-refractivity contribution in [2.75, 3.05) is 59.1 Å². The van der Waals surface area contributed by atoms with Crippen LogP contribution < -0.4 is 17.1 Å². The van der Waals surface area contributed by atoms with E-state index in [1.54, 1.807) is 0 Å². The number of halogens is 2. The molecule has 1 aliphatic heterocycles. The third-order valence-electron chi connectivity index (χ3n) is 4.00. The maximum atomic E-state index is 10.0. The number of hydrogen-bond acceptors (Lipinski definition) is 5. The molecule has 1 fully saturated rings. The molecule has 0 saturated carbocycles. The van der Waals surface area contributed by atoms with Crippen LogP contribution >= 0.6 is 15.9 Å². The fourth-order valence-electron chi connectivity index (χ4n) is 2.61. The minimum Gasteiger partial charge on any atom is -1.00 e. The lowest BCUT2D eigenvalue weighted by Gasteiger charge is -2.34. The summed E-state index contributed by atoms with van der Waals surface area (Å²) >= 11 is 3.39. The first-order chi connectivity index (χ1) is 11.2. The molecule has 1 atom stereocenters. The van der Waals surface area contributed by atoms with Gasteiger partial charge in [0.25, 0.3) is 0 Å². The van der Waals surface area contributed by atoms with Crippen LogP contribution in [0.5, 0.6) is 5.75 Å². The largest absolute Gasteiger partial charge is 1.00 e. The Balaban J connectivity index is 0.00000288. The zero-order chi connectivity index (χ0) is 16.5. The summed E-state index contributed by atoms with van der Waals surface area (Å²) in [5, 5.41) is 10.0. The van der Waals surface area contributed by atoms with Crippen molar-refractivity contribution in [1.82, 2.24) is 9.80 Å². The van der Waals surface area contributed by atoms with Gasteiger partial charge in [0.15, 0.2) is 0 Å². The lowest BCUT2D eigenvalue weighted by atomic mass is 10.2. The molecule has 7 heteroatoms. The molecule has 1 saturated heterocycles. The molecule has 1 aromatic carbocycles. The van der Waals surface area contributed by atoms with E-state index < -0.39 is 6.10 Å². The van der Waals surface area contributed by atoms with E-state index in [0.29, 0.717) is 26.4 Å². The van der Waals surface area contributed by atoms with Crippen LogP contribution in [0.4, 0.5) is 0 Å². The summed E-state index contributed by atoms with van der Waals surface area (Å²) < 4.78 is 12.1. The minimum absolute atomic E-state index is 0. The summed E-state index contributed by atoms with van der Waals surface area (Å²) in [5.74, 6) is 0.825. The van der Waals surface area contributed by atoms with Gasteiger partial charge in [-0.25, -0.2) is 0 Å². The molecule has 2 rings (SSSR count). The van der Waals surface area contributed by atoms with Crippen molar-refractivity contribution in [1.29, 1.82) is 0 Å². The molecule has 24 heavy (non-hydrogen) atoms. The second kappa shape index (κ2) is 12.1. The summed E-state index contributed by atoms with van der Waals surface area (Å²) in [5.41, 5.74) is 0. The Bertz CT molecular complexity index is 442. The van der Waals surface area contributed by atoms with Gasteiger partial charge in [-0.15, -0.1) is 0 Å². The van der Waals surface area contributed by atoms with E-state index in [0.717, 1.165) is 42.9 Å². The van der Waals surface area contributed by atoms with Gasteiger partial charge in [0.1, 0.15) is 12.4 Å². The Morgan fingerprint density at radius 2 is 1.71 bits per heavy atom. The first-order valence-electron chi connectivity index (χ1n) is 8.26. The second-order valence-electron chi connectivity index (χ2n) is 5.77. The average molecular weight is 423 g/mol. The summed E-state index contributed by atoms with van der Waals surface area (Å²) in [6.07, 6.45) is -0.434. The van der Waals surface area contributed by atoms with Crippen molar-refractivity contribution in [3.8, 4) is 5.75 Å². The van der Waals surface area contributed by atoms with Gasteiger partial charge in [-0.1, -0.05) is 22.9 Å². The number of aliphatic hydroxyl groups excluding tert-OH is 1. The predicted octanol–water partition coefficient (Wildman–Crippen LogP) is -1.15.